The predicted molar refractivity (Wildman–Crippen MR) is 72.6 cm³/mol. The summed E-state index contributed by atoms with van der Waals surface area (Å²) in [6.07, 6.45) is 2.60. The van der Waals surface area contributed by atoms with E-state index in [0.717, 1.165) is 6.61 Å². The molecule has 0 amide bonds. The molecule has 0 saturated carbocycles. The van der Waals surface area contributed by atoms with Crippen molar-refractivity contribution in [2.75, 3.05) is 6.61 Å². The molecule has 0 spiro atoms. The van der Waals surface area contributed by atoms with Crippen molar-refractivity contribution in [2.24, 2.45) is 0 Å². The molecule has 0 heterocycles. The van der Waals surface area contributed by atoms with Gasteiger partial charge in [0.05, 0.1) is 0 Å². The summed E-state index contributed by atoms with van der Waals surface area (Å²) < 4.78 is 8.96. The maximum atomic E-state index is 6.06. The van der Waals surface area contributed by atoms with Crippen molar-refractivity contribution in [1.82, 2.24) is 0 Å². The van der Waals surface area contributed by atoms with Gasteiger partial charge >= 0.3 is 108 Å². The van der Waals surface area contributed by atoms with Crippen LogP contribution in [0.15, 0.2) is 18.2 Å². The summed E-state index contributed by atoms with van der Waals surface area (Å²) in [6.45, 7) is 9.71. The van der Waals surface area contributed by atoms with Crippen molar-refractivity contribution >= 4 is 23.8 Å². The molecule has 0 aliphatic rings. The Morgan fingerprint density at radius 1 is 1.19 bits per heavy atom. The van der Waals surface area contributed by atoms with E-state index in [-0.39, 0.29) is 0 Å². The van der Waals surface area contributed by atoms with E-state index in [1.807, 2.05) is 0 Å². The van der Waals surface area contributed by atoms with Crippen molar-refractivity contribution in [2.45, 2.75) is 45.0 Å². The number of rotatable bonds is 6. The number of hydrogen-bond donors (Lipinski definition) is 0. The average molecular weight is 326 g/mol. The van der Waals surface area contributed by atoms with Crippen LogP contribution in [0.5, 0.6) is 0 Å². The van der Waals surface area contributed by atoms with E-state index in [9.17, 15) is 0 Å². The molecule has 1 aromatic carbocycles. The second kappa shape index (κ2) is 7.33. The second-order valence-corrected chi connectivity index (χ2v) is 10.4. The molecular weight excluding hydrogens is 303 g/mol. The van der Waals surface area contributed by atoms with Crippen molar-refractivity contribution in [3.8, 4) is 0 Å². The first kappa shape index (κ1) is 14.0. The molecule has 2 heteroatoms. The van der Waals surface area contributed by atoms with E-state index in [2.05, 4.69) is 45.9 Å². The van der Waals surface area contributed by atoms with E-state index in [4.69, 9.17) is 3.07 Å². The summed E-state index contributed by atoms with van der Waals surface area (Å²) >= 11 is -1.78. The van der Waals surface area contributed by atoms with Crippen LogP contribution in [0.1, 0.15) is 37.8 Å². The topological polar surface area (TPSA) is 9.23 Å². The average Bonchev–Trinajstić information content (AvgIpc) is 2.28. The van der Waals surface area contributed by atoms with Crippen molar-refractivity contribution in [3.05, 3.63) is 29.3 Å². The maximum absolute atomic E-state index is 6.06. The molecule has 0 fully saturated rings. The normalized spacial score (nSPS) is 11.1. The summed E-state index contributed by atoms with van der Waals surface area (Å²) in [5.74, 6) is 0. The molecule has 0 aromatic heterocycles. The van der Waals surface area contributed by atoms with Crippen molar-refractivity contribution in [1.29, 1.82) is 0 Å². The van der Waals surface area contributed by atoms with Gasteiger partial charge in [0.25, 0.3) is 0 Å². The first-order chi connectivity index (χ1) is 7.70. The molecular formula is C14H23OSn. The van der Waals surface area contributed by atoms with Crippen LogP contribution in [0.2, 0.25) is 4.44 Å². The van der Waals surface area contributed by atoms with Gasteiger partial charge in [-0.3, -0.25) is 0 Å². The summed E-state index contributed by atoms with van der Waals surface area (Å²) in [6, 6.07) is 6.68. The zero-order valence-electron chi connectivity index (χ0n) is 11.0. The molecule has 0 unspecified atom stereocenters. The first-order valence-corrected chi connectivity index (χ1v) is 10.9. The van der Waals surface area contributed by atoms with Gasteiger partial charge < -0.3 is 0 Å². The van der Waals surface area contributed by atoms with Crippen LogP contribution in [0.25, 0.3) is 0 Å². The minimum atomic E-state index is -1.78. The molecule has 1 radical (unpaired) electrons. The molecule has 0 bridgehead atoms. The zero-order valence-corrected chi connectivity index (χ0v) is 13.8. The van der Waals surface area contributed by atoms with E-state index in [0.29, 0.717) is 0 Å². The molecule has 0 aliphatic carbocycles. The number of hydrogen-bond acceptors (Lipinski definition) is 1. The molecule has 0 N–H and O–H groups in total. The van der Waals surface area contributed by atoms with Crippen LogP contribution in [-0.4, -0.2) is 26.8 Å². The standard InChI is InChI=1S/C8H9.C4H9.C2H5O.Sn/c1-7-5-3-4-6-8(7)2;1-3-4-2;1-2-3;/h3-5H,1-2H3;1,3-4H2,2H3;2H2,1H3;/q;;-1;+1. The summed E-state index contributed by atoms with van der Waals surface area (Å²) in [4.78, 5) is 0. The summed E-state index contributed by atoms with van der Waals surface area (Å²) in [5.41, 5.74) is 2.88. The summed E-state index contributed by atoms with van der Waals surface area (Å²) in [5, 5.41) is 0. The molecule has 89 valence electrons. The van der Waals surface area contributed by atoms with Gasteiger partial charge in [0.15, 0.2) is 0 Å². The second-order valence-electron chi connectivity index (χ2n) is 4.21. The molecule has 0 aliphatic heterocycles. The molecule has 1 nitrogen and oxygen atoms in total. The number of unbranched alkanes of at least 4 members (excludes halogenated alkanes) is 1. The Balaban J connectivity index is 2.86. The van der Waals surface area contributed by atoms with Crippen LogP contribution < -0.4 is 3.58 Å². The third-order valence-electron chi connectivity index (χ3n) is 2.98. The Morgan fingerprint density at radius 3 is 2.56 bits per heavy atom. The number of benzene rings is 1. The Kier molecular flexibility index (Phi) is 6.44. The van der Waals surface area contributed by atoms with Crippen LogP contribution in [-0.2, 0) is 3.07 Å². The van der Waals surface area contributed by atoms with Gasteiger partial charge in [-0.15, -0.1) is 0 Å². The Bertz CT molecular complexity index is 323. The van der Waals surface area contributed by atoms with Gasteiger partial charge in [-0.05, 0) is 0 Å². The van der Waals surface area contributed by atoms with E-state index < -0.39 is 20.2 Å². The molecule has 0 saturated heterocycles. The summed E-state index contributed by atoms with van der Waals surface area (Å²) in [7, 11) is 0. The molecule has 1 aromatic rings. The number of aryl methyl sites for hydroxylation is 1. The van der Waals surface area contributed by atoms with Crippen LogP contribution in [0.3, 0.4) is 0 Å². The molecule has 16 heavy (non-hydrogen) atoms. The Labute approximate surface area is 107 Å². The third kappa shape index (κ3) is 3.77. The van der Waals surface area contributed by atoms with Gasteiger partial charge in [-0.25, -0.2) is 0 Å². The third-order valence-corrected chi connectivity index (χ3v) is 10.4. The zero-order chi connectivity index (χ0) is 12.0. The van der Waals surface area contributed by atoms with Gasteiger partial charge in [-0.2, -0.15) is 0 Å². The van der Waals surface area contributed by atoms with Crippen molar-refractivity contribution in [3.63, 3.8) is 0 Å². The predicted octanol–water partition coefficient (Wildman–Crippen LogP) is 3.34. The van der Waals surface area contributed by atoms with Crippen molar-refractivity contribution < 1.29 is 3.07 Å². The fourth-order valence-corrected chi connectivity index (χ4v) is 8.96. The SMILES string of the molecule is CCC[CH2][Sn]([O]CC)[c]1cccc(C)c1C. The van der Waals surface area contributed by atoms with E-state index in [1.165, 1.54) is 28.4 Å². The van der Waals surface area contributed by atoms with Gasteiger partial charge in [0.2, 0.25) is 0 Å². The quantitative estimate of drug-likeness (QED) is 0.729. The monoisotopic (exact) mass is 327 g/mol. The first-order valence-electron chi connectivity index (χ1n) is 6.25. The fraction of sp³-hybridized carbons (Fsp3) is 0.571. The minimum absolute atomic E-state index is 0.881. The fourth-order valence-electron chi connectivity index (χ4n) is 1.85. The van der Waals surface area contributed by atoms with E-state index >= 15 is 0 Å². The van der Waals surface area contributed by atoms with Gasteiger partial charge in [0.1, 0.15) is 0 Å². The van der Waals surface area contributed by atoms with Crippen LogP contribution in [0.4, 0.5) is 0 Å². The van der Waals surface area contributed by atoms with Gasteiger partial charge in [-0.1, -0.05) is 0 Å². The van der Waals surface area contributed by atoms with Crippen LogP contribution in [0, 0.1) is 13.8 Å². The van der Waals surface area contributed by atoms with Crippen LogP contribution >= 0.6 is 0 Å². The Hall–Kier alpha value is -0.0213. The molecule has 1 rings (SSSR count). The molecule has 0 atom stereocenters. The Morgan fingerprint density at radius 2 is 1.94 bits per heavy atom. The van der Waals surface area contributed by atoms with E-state index in [1.54, 1.807) is 3.58 Å². The van der Waals surface area contributed by atoms with Gasteiger partial charge in [0, 0.05) is 0 Å².